The van der Waals surface area contributed by atoms with E-state index in [1.54, 1.807) is 12.4 Å². The van der Waals surface area contributed by atoms with Crippen LogP contribution in [0.2, 0.25) is 0 Å². The Morgan fingerprint density at radius 2 is 2.30 bits per heavy atom. The summed E-state index contributed by atoms with van der Waals surface area (Å²) in [5.41, 5.74) is 1.45. The largest absolute Gasteiger partial charge is 0.476 e. The van der Waals surface area contributed by atoms with Crippen LogP contribution >= 0.6 is 0 Å². The molecule has 0 aromatic carbocycles. The van der Waals surface area contributed by atoms with Gasteiger partial charge in [-0.25, -0.2) is 0 Å². The number of rotatable bonds is 7. The molecule has 2 rings (SSSR count). The van der Waals surface area contributed by atoms with Crippen LogP contribution in [-0.2, 0) is 4.74 Å². The zero-order valence-corrected chi connectivity index (χ0v) is 12.3. The molecule has 0 aliphatic carbocycles. The minimum absolute atomic E-state index is 0.480. The second-order valence-corrected chi connectivity index (χ2v) is 5.31. The summed E-state index contributed by atoms with van der Waals surface area (Å²) < 4.78 is 10.9. The van der Waals surface area contributed by atoms with Crippen LogP contribution in [0.15, 0.2) is 24.0 Å². The van der Waals surface area contributed by atoms with E-state index >= 15 is 0 Å². The van der Waals surface area contributed by atoms with Gasteiger partial charge in [-0.1, -0.05) is 25.5 Å². The first-order valence-corrected chi connectivity index (χ1v) is 7.18. The van der Waals surface area contributed by atoms with E-state index in [1.807, 2.05) is 0 Å². The van der Waals surface area contributed by atoms with Crippen molar-refractivity contribution in [3.05, 3.63) is 24.0 Å². The van der Waals surface area contributed by atoms with Crippen molar-refractivity contribution in [2.45, 2.75) is 26.7 Å². The molecule has 20 heavy (non-hydrogen) atoms. The third-order valence-corrected chi connectivity index (χ3v) is 2.99. The van der Waals surface area contributed by atoms with E-state index < -0.39 is 0 Å². The molecule has 1 aromatic heterocycles. The van der Waals surface area contributed by atoms with Crippen LogP contribution in [0.3, 0.4) is 0 Å². The van der Waals surface area contributed by atoms with Gasteiger partial charge >= 0.3 is 0 Å². The maximum atomic E-state index is 5.56. The molecule has 0 bridgehead atoms. The van der Waals surface area contributed by atoms with Gasteiger partial charge in [0.1, 0.15) is 5.82 Å². The fourth-order valence-electron chi connectivity index (χ4n) is 1.90. The van der Waals surface area contributed by atoms with Crippen molar-refractivity contribution in [3.8, 4) is 5.88 Å². The topological polar surface area (TPSA) is 56.3 Å². The van der Waals surface area contributed by atoms with Crippen LogP contribution in [0.1, 0.15) is 26.7 Å². The van der Waals surface area contributed by atoms with Crippen LogP contribution in [0.5, 0.6) is 5.88 Å². The molecule has 0 radical (unpaired) electrons. The Morgan fingerprint density at radius 1 is 1.40 bits per heavy atom. The second-order valence-electron chi connectivity index (χ2n) is 5.31. The first kappa shape index (κ1) is 14.8. The van der Waals surface area contributed by atoms with E-state index in [1.165, 1.54) is 5.57 Å². The van der Waals surface area contributed by atoms with Gasteiger partial charge in [0.15, 0.2) is 0 Å². The molecule has 0 saturated heterocycles. The summed E-state index contributed by atoms with van der Waals surface area (Å²) in [5.74, 6) is 1.82. The standard InChI is InChI=1S/C15H23N3O2/c1-12(2)11-20-15-10-16-9-14(18-15)17-6-3-13-4-7-19-8-5-13/h4,9-10,12H,3,5-8,11H2,1-2H3,(H,17,18). The average molecular weight is 277 g/mol. The Labute approximate surface area is 120 Å². The predicted molar refractivity (Wildman–Crippen MR) is 79.0 cm³/mol. The molecular formula is C15H23N3O2. The molecule has 0 saturated carbocycles. The molecule has 110 valence electrons. The van der Waals surface area contributed by atoms with Crippen molar-refractivity contribution >= 4 is 5.82 Å². The van der Waals surface area contributed by atoms with Crippen molar-refractivity contribution in [2.75, 3.05) is 31.7 Å². The van der Waals surface area contributed by atoms with Crippen LogP contribution in [0, 0.1) is 5.92 Å². The summed E-state index contributed by atoms with van der Waals surface area (Å²) in [6.07, 6.45) is 7.58. The molecule has 1 aliphatic rings. The van der Waals surface area contributed by atoms with Crippen molar-refractivity contribution in [3.63, 3.8) is 0 Å². The third kappa shape index (κ3) is 5.17. The van der Waals surface area contributed by atoms with Gasteiger partial charge < -0.3 is 14.8 Å². The normalized spacial score (nSPS) is 15.1. The highest BCUT2D eigenvalue weighted by Gasteiger charge is 2.04. The number of ether oxygens (including phenoxy) is 2. The molecule has 0 atom stereocenters. The van der Waals surface area contributed by atoms with Gasteiger partial charge in [0.05, 0.1) is 32.2 Å². The van der Waals surface area contributed by atoms with Crippen molar-refractivity contribution in [2.24, 2.45) is 5.92 Å². The van der Waals surface area contributed by atoms with E-state index in [4.69, 9.17) is 9.47 Å². The molecule has 5 heteroatoms. The summed E-state index contributed by atoms with van der Waals surface area (Å²) in [5, 5.41) is 3.28. The maximum Gasteiger partial charge on any atom is 0.234 e. The SMILES string of the molecule is CC(C)COc1cncc(NCCC2=CCOCC2)n1. The highest BCUT2D eigenvalue weighted by atomic mass is 16.5. The minimum Gasteiger partial charge on any atom is -0.476 e. The fraction of sp³-hybridized carbons (Fsp3) is 0.600. The lowest BCUT2D eigenvalue weighted by molar-refractivity contribution is 0.153. The minimum atomic E-state index is 0.480. The van der Waals surface area contributed by atoms with Gasteiger partial charge in [0.2, 0.25) is 5.88 Å². The van der Waals surface area contributed by atoms with Crippen LogP contribution in [0.4, 0.5) is 5.82 Å². The van der Waals surface area contributed by atoms with E-state index in [-0.39, 0.29) is 0 Å². The molecule has 2 heterocycles. The van der Waals surface area contributed by atoms with Gasteiger partial charge in [-0.3, -0.25) is 4.98 Å². The second kappa shape index (κ2) is 7.85. The van der Waals surface area contributed by atoms with Crippen LogP contribution in [0.25, 0.3) is 0 Å². The van der Waals surface area contributed by atoms with E-state index in [9.17, 15) is 0 Å². The lowest BCUT2D eigenvalue weighted by Crippen LogP contribution is -2.10. The van der Waals surface area contributed by atoms with E-state index in [0.29, 0.717) is 18.4 Å². The maximum absolute atomic E-state index is 5.56. The molecule has 0 fully saturated rings. The van der Waals surface area contributed by atoms with Gasteiger partial charge in [-0.15, -0.1) is 0 Å². The summed E-state index contributed by atoms with van der Waals surface area (Å²) in [6, 6.07) is 0. The fourth-order valence-corrected chi connectivity index (χ4v) is 1.90. The Kier molecular flexibility index (Phi) is 5.80. The molecular weight excluding hydrogens is 254 g/mol. The summed E-state index contributed by atoms with van der Waals surface area (Å²) in [6.45, 7) is 7.31. The molecule has 1 aliphatic heterocycles. The average Bonchev–Trinajstić information content (AvgIpc) is 2.47. The van der Waals surface area contributed by atoms with Crippen molar-refractivity contribution < 1.29 is 9.47 Å². The smallest absolute Gasteiger partial charge is 0.234 e. The van der Waals surface area contributed by atoms with Gasteiger partial charge in [0.25, 0.3) is 0 Å². The molecule has 0 unspecified atom stereocenters. The van der Waals surface area contributed by atoms with Gasteiger partial charge in [-0.05, 0) is 18.8 Å². The molecule has 1 N–H and O–H groups in total. The number of anilines is 1. The molecule has 1 aromatic rings. The molecule has 5 nitrogen and oxygen atoms in total. The summed E-state index contributed by atoms with van der Waals surface area (Å²) >= 11 is 0. The number of nitrogens with one attached hydrogen (secondary N) is 1. The number of hydrogen-bond acceptors (Lipinski definition) is 5. The molecule has 0 spiro atoms. The first-order chi connectivity index (χ1) is 9.74. The number of nitrogens with zero attached hydrogens (tertiary/aromatic N) is 2. The lowest BCUT2D eigenvalue weighted by atomic mass is 10.1. The Balaban J connectivity index is 1.77. The lowest BCUT2D eigenvalue weighted by Gasteiger charge is -2.14. The van der Waals surface area contributed by atoms with Gasteiger partial charge in [0, 0.05) is 6.54 Å². The highest BCUT2D eigenvalue weighted by Crippen LogP contribution is 2.13. The Bertz CT molecular complexity index is 446. The first-order valence-electron chi connectivity index (χ1n) is 7.18. The number of aromatic nitrogens is 2. The quantitative estimate of drug-likeness (QED) is 0.776. The van der Waals surface area contributed by atoms with E-state index in [0.717, 1.165) is 38.4 Å². The zero-order chi connectivity index (χ0) is 14.2. The number of hydrogen-bond donors (Lipinski definition) is 1. The third-order valence-electron chi connectivity index (χ3n) is 2.99. The van der Waals surface area contributed by atoms with E-state index in [2.05, 4.69) is 35.2 Å². The highest BCUT2D eigenvalue weighted by molar-refractivity contribution is 5.33. The monoisotopic (exact) mass is 277 g/mol. The Morgan fingerprint density at radius 3 is 3.05 bits per heavy atom. The summed E-state index contributed by atoms with van der Waals surface area (Å²) in [4.78, 5) is 8.53. The van der Waals surface area contributed by atoms with Crippen LogP contribution < -0.4 is 10.1 Å². The summed E-state index contributed by atoms with van der Waals surface area (Å²) in [7, 11) is 0. The molecule has 0 amide bonds. The van der Waals surface area contributed by atoms with Crippen molar-refractivity contribution in [1.82, 2.24) is 9.97 Å². The Hall–Kier alpha value is -1.62. The van der Waals surface area contributed by atoms with Gasteiger partial charge in [-0.2, -0.15) is 4.98 Å². The zero-order valence-electron chi connectivity index (χ0n) is 12.3. The van der Waals surface area contributed by atoms with Crippen molar-refractivity contribution in [1.29, 1.82) is 0 Å². The van der Waals surface area contributed by atoms with Crippen LogP contribution in [-0.4, -0.2) is 36.3 Å². The predicted octanol–water partition coefficient (Wildman–Crippen LogP) is 2.66.